The van der Waals surface area contributed by atoms with Crippen molar-refractivity contribution in [1.82, 2.24) is 20.4 Å². The third-order valence-corrected chi connectivity index (χ3v) is 6.31. The summed E-state index contributed by atoms with van der Waals surface area (Å²) in [6.45, 7) is 3.33. The van der Waals surface area contributed by atoms with E-state index in [1.54, 1.807) is 4.90 Å². The number of imide groups is 1. The topological polar surface area (TPSA) is 91.0 Å². The normalized spacial score (nSPS) is 25.2. The highest BCUT2D eigenvalue weighted by Crippen LogP contribution is 2.42. The minimum Gasteiger partial charge on any atom is -0.480 e. The fourth-order valence-corrected chi connectivity index (χ4v) is 4.66. The minimum absolute atomic E-state index is 0.0932. The number of nitrogens with one attached hydrogen (secondary N) is 2. The maximum atomic E-state index is 13.9. The highest BCUT2D eigenvalue weighted by atomic mass is 19.1. The Labute approximate surface area is 184 Å². The van der Waals surface area contributed by atoms with E-state index in [1.807, 2.05) is 18.2 Å². The van der Waals surface area contributed by atoms with Gasteiger partial charge in [-0.1, -0.05) is 30.3 Å². The van der Waals surface area contributed by atoms with Gasteiger partial charge in [0.1, 0.15) is 11.6 Å². The van der Waals surface area contributed by atoms with E-state index in [4.69, 9.17) is 4.74 Å². The zero-order valence-electron chi connectivity index (χ0n) is 17.3. The van der Waals surface area contributed by atoms with E-state index < -0.39 is 29.4 Å². The van der Waals surface area contributed by atoms with Crippen LogP contribution in [0, 0.1) is 5.82 Å². The molecule has 166 valence electrons. The fraction of sp³-hybridized carbons (Fsp3) is 0.348. The van der Waals surface area contributed by atoms with Gasteiger partial charge >= 0.3 is 6.03 Å². The Balaban J connectivity index is 1.31. The first kappa shape index (κ1) is 20.4. The lowest BCUT2D eigenvalue weighted by molar-refractivity contribution is -0.143. The summed E-state index contributed by atoms with van der Waals surface area (Å²) in [6, 6.07) is 13.2. The monoisotopic (exact) mass is 438 g/mol. The third-order valence-electron chi connectivity index (χ3n) is 6.31. The lowest BCUT2D eigenvalue weighted by Crippen LogP contribution is -2.57. The molecule has 1 spiro atoms. The molecule has 3 heterocycles. The molecule has 5 rings (SSSR count). The van der Waals surface area contributed by atoms with Gasteiger partial charge in [0.05, 0.1) is 0 Å². The highest BCUT2D eigenvalue weighted by Gasteiger charge is 2.55. The number of urea groups is 1. The second kappa shape index (κ2) is 7.90. The summed E-state index contributed by atoms with van der Waals surface area (Å²) >= 11 is 0. The standard InChI is InChI=1S/C23H23FN4O4/c24-16-6-7-18-17(12-16)23(21(30)25-22(31)26-23)13-19(32-18)20(29)28-10-8-27(9-11-28)14-15-4-2-1-3-5-15/h1-7,12,19H,8-11,13-14H2,(H2,25,26,30,31). The van der Waals surface area contributed by atoms with Crippen LogP contribution in [-0.4, -0.2) is 59.9 Å². The largest absolute Gasteiger partial charge is 0.480 e. The van der Waals surface area contributed by atoms with Crippen LogP contribution in [0.4, 0.5) is 9.18 Å². The van der Waals surface area contributed by atoms with E-state index in [9.17, 15) is 18.8 Å². The zero-order chi connectivity index (χ0) is 22.3. The number of piperazine rings is 1. The average Bonchev–Trinajstić information content (AvgIpc) is 3.08. The van der Waals surface area contributed by atoms with Crippen molar-refractivity contribution >= 4 is 17.8 Å². The van der Waals surface area contributed by atoms with Gasteiger partial charge in [-0.25, -0.2) is 9.18 Å². The Hall–Kier alpha value is -3.46. The van der Waals surface area contributed by atoms with Crippen molar-refractivity contribution in [3.05, 3.63) is 65.5 Å². The first-order valence-electron chi connectivity index (χ1n) is 10.6. The van der Waals surface area contributed by atoms with E-state index in [-0.39, 0.29) is 23.6 Å². The van der Waals surface area contributed by atoms with Gasteiger partial charge in [-0.2, -0.15) is 0 Å². The third kappa shape index (κ3) is 3.58. The molecule has 2 fully saturated rings. The van der Waals surface area contributed by atoms with Crippen molar-refractivity contribution in [2.45, 2.75) is 24.6 Å². The SMILES string of the molecule is O=C1NC(=O)C2(CC(C(=O)N3CCN(Cc4ccccc4)CC3)Oc3ccc(F)cc32)N1. The molecule has 2 N–H and O–H groups in total. The number of hydrogen-bond donors (Lipinski definition) is 2. The minimum atomic E-state index is -1.53. The van der Waals surface area contributed by atoms with Gasteiger partial charge in [-0.15, -0.1) is 0 Å². The van der Waals surface area contributed by atoms with E-state index in [2.05, 4.69) is 27.7 Å². The molecule has 32 heavy (non-hydrogen) atoms. The molecule has 0 radical (unpaired) electrons. The summed E-state index contributed by atoms with van der Waals surface area (Å²) in [6.07, 6.45) is -1.05. The molecule has 0 bridgehead atoms. The van der Waals surface area contributed by atoms with Gasteiger partial charge in [0.15, 0.2) is 11.6 Å². The van der Waals surface area contributed by atoms with Crippen molar-refractivity contribution in [2.75, 3.05) is 26.2 Å². The average molecular weight is 438 g/mol. The van der Waals surface area contributed by atoms with E-state index >= 15 is 0 Å². The van der Waals surface area contributed by atoms with E-state index in [0.29, 0.717) is 13.1 Å². The van der Waals surface area contributed by atoms with Crippen molar-refractivity contribution in [3.8, 4) is 5.75 Å². The van der Waals surface area contributed by atoms with Crippen molar-refractivity contribution < 1.29 is 23.5 Å². The lowest BCUT2D eigenvalue weighted by Gasteiger charge is -2.40. The maximum Gasteiger partial charge on any atom is 0.322 e. The van der Waals surface area contributed by atoms with Gasteiger partial charge in [0, 0.05) is 44.7 Å². The highest BCUT2D eigenvalue weighted by molar-refractivity contribution is 6.08. The molecule has 8 nitrogen and oxygen atoms in total. The molecule has 3 aliphatic rings. The molecule has 3 aliphatic heterocycles. The first-order chi connectivity index (χ1) is 15.4. The van der Waals surface area contributed by atoms with E-state index in [0.717, 1.165) is 19.6 Å². The number of rotatable bonds is 3. The quantitative estimate of drug-likeness (QED) is 0.707. The number of carbonyl (C=O) groups is 3. The molecule has 0 aliphatic carbocycles. The van der Waals surface area contributed by atoms with Crippen molar-refractivity contribution in [2.24, 2.45) is 0 Å². The Morgan fingerprint density at radius 2 is 1.84 bits per heavy atom. The number of hydrogen-bond acceptors (Lipinski definition) is 5. The number of benzene rings is 2. The van der Waals surface area contributed by atoms with Crippen LogP contribution in [0.25, 0.3) is 0 Å². The van der Waals surface area contributed by atoms with Crippen LogP contribution < -0.4 is 15.4 Å². The predicted octanol–water partition coefficient (Wildman–Crippen LogP) is 1.36. The summed E-state index contributed by atoms with van der Waals surface area (Å²) in [5, 5.41) is 4.81. The Morgan fingerprint density at radius 3 is 2.53 bits per heavy atom. The Morgan fingerprint density at radius 1 is 1.09 bits per heavy atom. The van der Waals surface area contributed by atoms with Gasteiger partial charge in [-0.3, -0.25) is 19.8 Å². The predicted molar refractivity (Wildman–Crippen MR) is 112 cm³/mol. The number of amides is 4. The van der Waals surface area contributed by atoms with Gasteiger partial charge in [-0.05, 0) is 23.8 Å². The number of nitrogens with zero attached hydrogens (tertiary/aromatic N) is 2. The fourth-order valence-electron chi connectivity index (χ4n) is 4.66. The van der Waals surface area contributed by atoms with Gasteiger partial charge in [0.2, 0.25) is 0 Å². The van der Waals surface area contributed by atoms with Crippen LogP contribution >= 0.6 is 0 Å². The maximum absolute atomic E-state index is 13.9. The van der Waals surface area contributed by atoms with Crippen LogP contribution in [0.1, 0.15) is 17.5 Å². The van der Waals surface area contributed by atoms with Crippen LogP contribution in [0.5, 0.6) is 5.75 Å². The Kier molecular flexibility index (Phi) is 5.05. The molecular formula is C23H23FN4O4. The van der Waals surface area contributed by atoms with Crippen molar-refractivity contribution in [1.29, 1.82) is 0 Å². The molecule has 4 amide bonds. The summed E-state index contributed by atoms with van der Waals surface area (Å²) in [5.74, 6) is -1.19. The van der Waals surface area contributed by atoms with Crippen LogP contribution in [0.3, 0.4) is 0 Å². The molecule has 2 unspecified atom stereocenters. The zero-order valence-corrected chi connectivity index (χ0v) is 17.3. The number of carbonyl (C=O) groups excluding carboxylic acids is 3. The summed E-state index contributed by atoms with van der Waals surface area (Å²) in [5.41, 5.74) is -0.0865. The molecular weight excluding hydrogens is 415 g/mol. The number of halogens is 1. The van der Waals surface area contributed by atoms with Gasteiger partial charge in [0.25, 0.3) is 11.8 Å². The molecule has 2 atom stereocenters. The van der Waals surface area contributed by atoms with E-state index in [1.165, 1.54) is 23.8 Å². The smallest absolute Gasteiger partial charge is 0.322 e. The number of fused-ring (bicyclic) bond motifs is 2. The summed E-state index contributed by atoms with van der Waals surface area (Å²) in [7, 11) is 0. The van der Waals surface area contributed by atoms with Crippen LogP contribution in [-0.2, 0) is 21.7 Å². The lowest BCUT2D eigenvalue weighted by atomic mass is 9.81. The van der Waals surface area contributed by atoms with Crippen LogP contribution in [0.15, 0.2) is 48.5 Å². The van der Waals surface area contributed by atoms with Gasteiger partial charge < -0.3 is 15.0 Å². The molecule has 0 saturated carbocycles. The first-order valence-corrected chi connectivity index (χ1v) is 10.6. The molecule has 2 aromatic rings. The Bertz CT molecular complexity index is 1070. The summed E-state index contributed by atoms with van der Waals surface area (Å²) < 4.78 is 19.8. The second-order valence-corrected chi connectivity index (χ2v) is 8.35. The molecule has 2 saturated heterocycles. The summed E-state index contributed by atoms with van der Waals surface area (Å²) in [4.78, 5) is 41.9. The van der Waals surface area contributed by atoms with Crippen molar-refractivity contribution in [3.63, 3.8) is 0 Å². The molecule has 2 aromatic carbocycles. The molecule has 9 heteroatoms. The van der Waals surface area contributed by atoms with Crippen LogP contribution in [0.2, 0.25) is 0 Å². The number of ether oxygens (including phenoxy) is 1. The molecule has 0 aromatic heterocycles. The second-order valence-electron chi connectivity index (χ2n) is 8.35.